The van der Waals surface area contributed by atoms with E-state index in [2.05, 4.69) is 20.5 Å². The summed E-state index contributed by atoms with van der Waals surface area (Å²) in [6.45, 7) is 12.3. The molecule has 2 saturated heterocycles. The van der Waals surface area contributed by atoms with Crippen molar-refractivity contribution in [3.8, 4) is 0 Å². The van der Waals surface area contributed by atoms with Crippen LogP contribution in [0, 0.1) is 5.92 Å². The van der Waals surface area contributed by atoms with Crippen LogP contribution in [-0.2, 0) is 9.59 Å². The van der Waals surface area contributed by atoms with E-state index in [1.807, 2.05) is 23.6 Å². The standard InChI is InChI=1S/C18H34N6O2/c1-14(2)17(26)24-7-5-16(13-24)21-18(19-4)20-6-8-22-9-11-23(12-10-22)15(3)25/h14,16H,5-13H2,1-4H3,(H2,19,20,21). The summed E-state index contributed by atoms with van der Waals surface area (Å²) < 4.78 is 0. The molecule has 2 heterocycles. The van der Waals surface area contributed by atoms with Crippen LogP contribution in [0.2, 0.25) is 0 Å². The van der Waals surface area contributed by atoms with Crippen molar-refractivity contribution >= 4 is 17.8 Å². The summed E-state index contributed by atoms with van der Waals surface area (Å²) in [7, 11) is 1.77. The van der Waals surface area contributed by atoms with Gasteiger partial charge in [0.25, 0.3) is 0 Å². The summed E-state index contributed by atoms with van der Waals surface area (Å²) >= 11 is 0. The Balaban J connectivity index is 1.66. The molecular formula is C18H34N6O2. The molecule has 0 spiro atoms. The minimum absolute atomic E-state index is 0.0506. The highest BCUT2D eigenvalue weighted by atomic mass is 16.2. The first-order chi connectivity index (χ1) is 12.4. The first-order valence-electron chi connectivity index (χ1n) is 9.64. The van der Waals surface area contributed by atoms with E-state index in [9.17, 15) is 9.59 Å². The van der Waals surface area contributed by atoms with Gasteiger partial charge in [-0.15, -0.1) is 0 Å². The van der Waals surface area contributed by atoms with Gasteiger partial charge < -0.3 is 20.4 Å². The van der Waals surface area contributed by atoms with Crippen LogP contribution in [0.3, 0.4) is 0 Å². The van der Waals surface area contributed by atoms with Gasteiger partial charge in [-0.05, 0) is 6.42 Å². The molecule has 8 heteroatoms. The lowest BCUT2D eigenvalue weighted by Crippen LogP contribution is -2.51. The van der Waals surface area contributed by atoms with E-state index in [1.165, 1.54) is 0 Å². The third-order valence-corrected chi connectivity index (χ3v) is 5.10. The fourth-order valence-electron chi connectivity index (χ4n) is 3.45. The van der Waals surface area contributed by atoms with Gasteiger partial charge in [0, 0.05) is 78.3 Å². The summed E-state index contributed by atoms with van der Waals surface area (Å²) in [4.78, 5) is 33.9. The maximum Gasteiger partial charge on any atom is 0.225 e. The fourth-order valence-corrected chi connectivity index (χ4v) is 3.45. The van der Waals surface area contributed by atoms with Gasteiger partial charge in [-0.1, -0.05) is 13.8 Å². The van der Waals surface area contributed by atoms with Crippen molar-refractivity contribution in [3.05, 3.63) is 0 Å². The monoisotopic (exact) mass is 366 g/mol. The molecule has 148 valence electrons. The van der Waals surface area contributed by atoms with E-state index >= 15 is 0 Å². The second-order valence-corrected chi connectivity index (χ2v) is 7.42. The largest absolute Gasteiger partial charge is 0.355 e. The molecule has 0 radical (unpaired) electrons. The number of hydrogen-bond acceptors (Lipinski definition) is 4. The number of guanidine groups is 1. The predicted octanol–water partition coefficient (Wildman–Crippen LogP) is -0.428. The highest BCUT2D eigenvalue weighted by Crippen LogP contribution is 2.12. The van der Waals surface area contributed by atoms with Gasteiger partial charge in [-0.2, -0.15) is 0 Å². The van der Waals surface area contributed by atoms with E-state index in [0.29, 0.717) is 0 Å². The van der Waals surface area contributed by atoms with Gasteiger partial charge in [-0.25, -0.2) is 0 Å². The smallest absolute Gasteiger partial charge is 0.225 e. The molecule has 1 atom stereocenters. The highest BCUT2D eigenvalue weighted by molar-refractivity contribution is 5.81. The Labute approximate surface area is 157 Å². The maximum atomic E-state index is 12.1. The van der Waals surface area contributed by atoms with E-state index < -0.39 is 0 Å². The lowest BCUT2D eigenvalue weighted by Gasteiger charge is -2.34. The van der Waals surface area contributed by atoms with Gasteiger partial charge in [0.15, 0.2) is 5.96 Å². The van der Waals surface area contributed by atoms with Crippen molar-refractivity contribution in [1.82, 2.24) is 25.3 Å². The lowest BCUT2D eigenvalue weighted by molar-refractivity contribution is -0.133. The average Bonchev–Trinajstić information content (AvgIpc) is 3.08. The van der Waals surface area contributed by atoms with Crippen LogP contribution in [0.25, 0.3) is 0 Å². The second kappa shape index (κ2) is 9.75. The van der Waals surface area contributed by atoms with E-state index in [1.54, 1.807) is 14.0 Å². The second-order valence-electron chi connectivity index (χ2n) is 7.42. The van der Waals surface area contributed by atoms with Crippen molar-refractivity contribution in [2.75, 3.05) is 59.4 Å². The zero-order chi connectivity index (χ0) is 19.1. The van der Waals surface area contributed by atoms with Crippen LogP contribution in [0.4, 0.5) is 0 Å². The summed E-state index contributed by atoms with van der Waals surface area (Å²) in [6.07, 6.45) is 0.951. The maximum absolute atomic E-state index is 12.1. The van der Waals surface area contributed by atoms with Crippen LogP contribution in [0.1, 0.15) is 27.2 Å². The summed E-state index contributed by atoms with van der Waals surface area (Å²) in [6, 6.07) is 0.253. The molecule has 0 bridgehead atoms. The number of nitrogens with one attached hydrogen (secondary N) is 2. The molecule has 0 aromatic heterocycles. The third kappa shape index (κ3) is 5.86. The molecule has 2 amide bonds. The van der Waals surface area contributed by atoms with Gasteiger partial charge in [-0.3, -0.25) is 19.5 Å². The number of likely N-dealkylation sites (tertiary alicyclic amines) is 1. The molecule has 1 unspecified atom stereocenters. The SMILES string of the molecule is CN=C(NCCN1CCN(C(C)=O)CC1)NC1CCN(C(=O)C(C)C)C1. The molecule has 0 aliphatic carbocycles. The van der Waals surface area contributed by atoms with Gasteiger partial charge in [0.05, 0.1) is 0 Å². The summed E-state index contributed by atoms with van der Waals surface area (Å²) in [5.41, 5.74) is 0. The minimum atomic E-state index is 0.0506. The topological polar surface area (TPSA) is 80.3 Å². The number of nitrogens with zero attached hydrogens (tertiary/aromatic N) is 4. The Morgan fingerprint density at radius 2 is 1.81 bits per heavy atom. The van der Waals surface area contributed by atoms with Crippen LogP contribution in [0.15, 0.2) is 4.99 Å². The molecular weight excluding hydrogens is 332 g/mol. The normalized spacial score (nSPS) is 22.0. The number of carbonyl (C=O) groups is 2. The number of hydrogen-bond donors (Lipinski definition) is 2. The molecule has 2 aliphatic rings. The quantitative estimate of drug-likeness (QED) is 0.510. The first kappa shape index (κ1) is 20.5. The molecule has 2 rings (SSSR count). The van der Waals surface area contributed by atoms with Crippen molar-refractivity contribution < 1.29 is 9.59 Å². The summed E-state index contributed by atoms with van der Waals surface area (Å²) in [5.74, 6) is 1.22. The molecule has 8 nitrogen and oxygen atoms in total. The Bertz CT molecular complexity index is 514. The number of amides is 2. The number of piperazine rings is 1. The van der Waals surface area contributed by atoms with Gasteiger partial charge in [0.2, 0.25) is 11.8 Å². The average molecular weight is 367 g/mol. The first-order valence-corrected chi connectivity index (χ1v) is 9.64. The fraction of sp³-hybridized carbons (Fsp3) is 0.833. The van der Waals surface area contributed by atoms with Crippen LogP contribution >= 0.6 is 0 Å². The predicted molar refractivity (Wildman–Crippen MR) is 103 cm³/mol. The molecule has 26 heavy (non-hydrogen) atoms. The van der Waals surface area contributed by atoms with Crippen LogP contribution in [-0.4, -0.2) is 97.9 Å². The molecule has 0 saturated carbocycles. The van der Waals surface area contributed by atoms with Crippen molar-refractivity contribution in [2.45, 2.75) is 33.2 Å². The lowest BCUT2D eigenvalue weighted by atomic mass is 10.2. The van der Waals surface area contributed by atoms with Crippen molar-refractivity contribution in [2.24, 2.45) is 10.9 Å². The Hall–Kier alpha value is -1.83. The molecule has 0 aromatic carbocycles. The van der Waals surface area contributed by atoms with E-state index in [0.717, 1.165) is 64.7 Å². The molecule has 2 aliphatic heterocycles. The van der Waals surface area contributed by atoms with Gasteiger partial charge >= 0.3 is 0 Å². The molecule has 0 aromatic rings. The van der Waals surface area contributed by atoms with Crippen molar-refractivity contribution in [1.29, 1.82) is 0 Å². The molecule has 2 fully saturated rings. The van der Waals surface area contributed by atoms with Gasteiger partial charge in [0.1, 0.15) is 0 Å². The van der Waals surface area contributed by atoms with E-state index in [-0.39, 0.29) is 23.8 Å². The summed E-state index contributed by atoms with van der Waals surface area (Å²) in [5, 5.41) is 6.78. The number of carbonyl (C=O) groups excluding carboxylic acids is 2. The van der Waals surface area contributed by atoms with Crippen LogP contribution in [0.5, 0.6) is 0 Å². The third-order valence-electron chi connectivity index (χ3n) is 5.10. The zero-order valence-electron chi connectivity index (χ0n) is 16.6. The minimum Gasteiger partial charge on any atom is -0.355 e. The zero-order valence-corrected chi connectivity index (χ0v) is 16.6. The Kier molecular flexibility index (Phi) is 7.68. The number of aliphatic imine (C=N–C) groups is 1. The highest BCUT2D eigenvalue weighted by Gasteiger charge is 2.28. The van der Waals surface area contributed by atoms with Crippen LogP contribution < -0.4 is 10.6 Å². The molecule has 2 N–H and O–H groups in total. The Morgan fingerprint density at radius 3 is 2.38 bits per heavy atom. The van der Waals surface area contributed by atoms with Crippen molar-refractivity contribution in [3.63, 3.8) is 0 Å². The number of rotatable bonds is 5. The Morgan fingerprint density at radius 1 is 1.12 bits per heavy atom. The van der Waals surface area contributed by atoms with E-state index in [4.69, 9.17) is 0 Å².